The van der Waals surface area contributed by atoms with E-state index in [9.17, 15) is 4.79 Å². The molecule has 1 amide bonds. The smallest absolute Gasteiger partial charge is 0.232 e. The van der Waals surface area contributed by atoms with Gasteiger partial charge in [-0.1, -0.05) is 36.8 Å². The maximum atomic E-state index is 12.4. The van der Waals surface area contributed by atoms with Crippen LogP contribution in [0.4, 0.5) is 0 Å². The average molecular weight is 343 g/mol. The van der Waals surface area contributed by atoms with E-state index in [-0.39, 0.29) is 24.4 Å². The van der Waals surface area contributed by atoms with Crippen molar-refractivity contribution >= 4 is 30.1 Å². The van der Waals surface area contributed by atoms with Crippen molar-refractivity contribution in [3.8, 4) is 0 Å². The van der Waals surface area contributed by atoms with Crippen LogP contribution in [0.5, 0.6) is 0 Å². The topological polar surface area (TPSA) is 46.3 Å². The van der Waals surface area contributed by atoms with Crippen molar-refractivity contribution in [2.24, 2.45) is 11.7 Å². The lowest BCUT2D eigenvalue weighted by Gasteiger charge is -2.38. The Bertz CT molecular complexity index is 466. The highest BCUT2D eigenvalue weighted by Gasteiger charge is 2.28. The first-order valence-electron chi connectivity index (χ1n) is 7.73. The van der Waals surface area contributed by atoms with Gasteiger partial charge in [0.05, 0.1) is 5.75 Å². The summed E-state index contributed by atoms with van der Waals surface area (Å²) in [4.78, 5) is 14.4. The van der Waals surface area contributed by atoms with Gasteiger partial charge in [0.25, 0.3) is 0 Å². The number of amides is 1. The molecular formula is C17H27ClN2OS. The molecule has 22 heavy (non-hydrogen) atoms. The number of rotatable bonds is 5. The summed E-state index contributed by atoms with van der Waals surface area (Å²) in [5, 5.41) is 0. The van der Waals surface area contributed by atoms with Crippen molar-refractivity contribution in [3.63, 3.8) is 0 Å². The summed E-state index contributed by atoms with van der Waals surface area (Å²) >= 11 is 1.70. The highest BCUT2D eigenvalue weighted by atomic mass is 35.5. The summed E-state index contributed by atoms with van der Waals surface area (Å²) in [7, 11) is 0. The lowest BCUT2D eigenvalue weighted by Crippen LogP contribution is -2.49. The fraction of sp³-hybridized carbons (Fsp3) is 0.588. The van der Waals surface area contributed by atoms with Gasteiger partial charge >= 0.3 is 0 Å². The fourth-order valence-electron chi connectivity index (χ4n) is 2.83. The van der Waals surface area contributed by atoms with Crippen LogP contribution in [0.25, 0.3) is 0 Å². The molecule has 1 aliphatic rings. The minimum atomic E-state index is 0. The van der Waals surface area contributed by atoms with Crippen molar-refractivity contribution in [2.45, 2.75) is 38.5 Å². The zero-order valence-corrected chi connectivity index (χ0v) is 15.1. The number of likely N-dealkylation sites (tertiary alicyclic amines) is 1. The first-order valence-corrected chi connectivity index (χ1v) is 8.88. The highest BCUT2D eigenvalue weighted by molar-refractivity contribution is 7.99. The number of thioether (sulfide) groups is 1. The number of piperidine rings is 1. The van der Waals surface area contributed by atoms with Crippen molar-refractivity contribution in [1.29, 1.82) is 0 Å². The van der Waals surface area contributed by atoms with Gasteiger partial charge in [0.15, 0.2) is 0 Å². The van der Waals surface area contributed by atoms with E-state index in [4.69, 9.17) is 5.73 Å². The summed E-state index contributed by atoms with van der Waals surface area (Å²) in [6.07, 6.45) is 2.15. The van der Waals surface area contributed by atoms with Crippen molar-refractivity contribution < 1.29 is 4.79 Å². The molecule has 0 bridgehead atoms. The second-order valence-electron chi connectivity index (χ2n) is 6.08. The van der Waals surface area contributed by atoms with Gasteiger partial charge in [-0.2, -0.15) is 0 Å². The highest BCUT2D eigenvalue weighted by Crippen LogP contribution is 2.23. The number of aryl methyl sites for hydroxylation is 1. The number of carbonyl (C=O) groups is 1. The standard InChI is InChI=1S/C17H26N2OS.ClH/c1-13-3-5-15(6-4-13)11-21-12-17(20)19-8-7-14(2)9-16(19)10-18;/h3-6,14,16H,7-12,18H2,1-2H3;1H. The molecular weight excluding hydrogens is 316 g/mol. The monoisotopic (exact) mass is 342 g/mol. The van der Waals surface area contributed by atoms with Crippen LogP contribution in [0.2, 0.25) is 0 Å². The third-order valence-corrected chi connectivity index (χ3v) is 5.17. The van der Waals surface area contributed by atoms with Gasteiger partial charge < -0.3 is 10.6 Å². The van der Waals surface area contributed by atoms with E-state index in [1.165, 1.54) is 11.1 Å². The van der Waals surface area contributed by atoms with E-state index in [2.05, 4.69) is 38.1 Å². The molecule has 124 valence electrons. The molecule has 0 saturated carbocycles. The summed E-state index contributed by atoms with van der Waals surface area (Å²) in [5.74, 6) is 2.37. The van der Waals surface area contributed by atoms with Crippen LogP contribution in [-0.2, 0) is 10.5 Å². The first kappa shape index (κ1) is 19.3. The molecule has 1 aliphatic heterocycles. The average Bonchev–Trinajstić information content (AvgIpc) is 2.49. The molecule has 0 spiro atoms. The molecule has 5 heteroatoms. The zero-order chi connectivity index (χ0) is 15.2. The Labute approximate surface area is 144 Å². The molecule has 0 aliphatic carbocycles. The quantitative estimate of drug-likeness (QED) is 0.893. The lowest BCUT2D eigenvalue weighted by molar-refractivity contribution is -0.132. The summed E-state index contributed by atoms with van der Waals surface area (Å²) < 4.78 is 0. The number of hydrogen-bond acceptors (Lipinski definition) is 3. The Hall–Kier alpha value is -0.710. The molecule has 0 aromatic heterocycles. The molecule has 2 rings (SSSR count). The number of nitrogens with zero attached hydrogens (tertiary/aromatic N) is 1. The molecule has 2 unspecified atom stereocenters. The van der Waals surface area contributed by atoms with Crippen molar-refractivity contribution in [3.05, 3.63) is 35.4 Å². The van der Waals surface area contributed by atoms with Gasteiger partial charge in [0.1, 0.15) is 0 Å². The van der Waals surface area contributed by atoms with Crippen molar-refractivity contribution in [1.82, 2.24) is 4.90 Å². The third-order valence-electron chi connectivity index (χ3n) is 4.19. The Balaban J connectivity index is 0.00000242. The normalized spacial score (nSPS) is 21.3. The van der Waals surface area contributed by atoms with E-state index >= 15 is 0 Å². The second kappa shape index (κ2) is 9.43. The van der Waals surface area contributed by atoms with E-state index in [0.29, 0.717) is 18.2 Å². The number of nitrogens with two attached hydrogens (primary N) is 1. The van der Waals surface area contributed by atoms with E-state index in [1.54, 1.807) is 11.8 Å². The van der Waals surface area contributed by atoms with Gasteiger partial charge in [-0.25, -0.2) is 0 Å². The largest absolute Gasteiger partial charge is 0.338 e. The minimum Gasteiger partial charge on any atom is -0.338 e. The van der Waals surface area contributed by atoms with Gasteiger partial charge in [-0.15, -0.1) is 24.2 Å². The predicted molar refractivity (Wildman–Crippen MR) is 97.5 cm³/mol. The molecule has 0 radical (unpaired) electrons. The van der Waals surface area contributed by atoms with Gasteiger partial charge in [0.2, 0.25) is 5.91 Å². The van der Waals surface area contributed by atoms with Crippen LogP contribution in [0.1, 0.15) is 30.9 Å². The van der Waals surface area contributed by atoms with Crippen LogP contribution < -0.4 is 5.73 Å². The van der Waals surface area contributed by atoms with Crippen LogP contribution in [0, 0.1) is 12.8 Å². The van der Waals surface area contributed by atoms with E-state index in [0.717, 1.165) is 25.1 Å². The van der Waals surface area contributed by atoms with Gasteiger partial charge in [-0.05, 0) is 31.2 Å². The SMILES string of the molecule is Cc1ccc(CSCC(=O)N2CCC(C)CC2CN)cc1.Cl. The Morgan fingerprint density at radius 1 is 1.36 bits per heavy atom. The molecule has 1 fully saturated rings. The molecule has 2 N–H and O–H groups in total. The third kappa shape index (κ3) is 5.49. The van der Waals surface area contributed by atoms with Crippen LogP contribution in [0.15, 0.2) is 24.3 Å². The molecule has 1 saturated heterocycles. The Kier molecular flexibility index (Phi) is 8.29. The van der Waals surface area contributed by atoms with Crippen molar-refractivity contribution in [2.75, 3.05) is 18.8 Å². The van der Waals surface area contributed by atoms with Crippen LogP contribution >= 0.6 is 24.2 Å². The number of hydrogen-bond donors (Lipinski definition) is 1. The summed E-state index contributed by atoms with van der Waals surface area (Å²) in [5.41, 5.74) is 8.38. The van der Waals surface area contributed by atoms with E-state index in [1.807, 2.05) is 4.90 Å². The molecule has 1 aromatic rings. The van der Waals surface area contributed by atoms with Gasteiger partial charge in [-0.3, -0.25) is 4.79 Å². The maximum Gasteiger partial charge on any atom is 0.232 e. The Morgan fingerprint density at radius 2 is 2.05 bits per heavy atom. The number of carbonyl (C=O) groups excluding carboxylic acids is 1. The number of halogens is 1. The fourth-order valence-corrected chi connectivity index (χ4v) is 3.70. The minimum absolute atomic E-state index is 0. The van der Waals surface area contributed by atoms with Gasteiger partial charge in [0, 0.05) is 24.9 Å². The second-order valence-corrected chi connectivity index (χ2v) is 7.07. The lowest BCUT2D eigenvalue weighted by atomic mass is 9.92. The zero-order valence-electron chi connectivity index (χ0n) is 13.5. The first-order chi connectivity index (χ1) is 10.1. The number of benzene rings is 1. The molecule has 3 nitrogen and oxygen atoms in total. The summed E-state index contributed by atoms with van der Waals surface area (Å²) in [6.45, 7) is 5.78. The molecule has 1 aromatic carbocycles. The van der Waals surface area contributed by atoms with E-state index < -0.39 is 0 Å². The van der Waals surface area contributed by atoms with Crippen LogP contribution in [-0.4, -0.2) is 35.7 Å². The Morgan fingerprint density at radius 3 is 2.68 bits per heavy atom. The maximum absolute atomic E-state index is 12.4. The molecule has 2 atom stereocenters. The molecule has 1 heterocycles. The summed E-state index contributed by atoms with van der Waals surface area (Å²) in [6, 6.07) is 8.75. The van der Waals surface area contributed by atoms with Crippen LogP contribution in [0.3, 0.4) is 0 Å². The predicted octanol–water partition coefficient (Wildman–Crippen LogP) is 3.24.